The number of rotatable bonds is 0. The van der Waals surface area contributed by atoms with Crippen molar-refractivity contribution in [3.05, 3.63) is 30.0 Å². The van der Waals surface area contributed by atoms with Gasteiger partial charge in [0.15, 0.2) is 0 Å². The van der Waals surface area contributed by atoms with Gasteiger partial charge in [-0.2, -0.15) is 0 Å². The standard InChI is InChI=1S/C7H10N.Li/c1-6-4-3-5-7(2)8-6;/h3-5,8H,1-2H3;/q-1;+1. The molecule has 1 nitrogen and oxygen atoms in total. The number of allylic oxidation sites excluding steroid dienone is 3. The maximum Gasteiger partial charge on any atom is 1.00 e. The van der Waals surface area contributed by atoms with Gasteiger partial charge in [-0.05, 0) is 12.6 Å². The molecule has 1 heterocycles. The van der Waals surface area contributed by atoms with Crippen LogP contribution in [0.5, 0.6) is 0 Å². The van der Waals surface area contributed by atoms with Crippen molar-refractivity contribution in [3.8, 4) is 0 Å². The SMILES string of the molecule is CC1=CC=C[C-](C)N1.[Li+]. The Morgan fingerprint density at radius 3 is 2.56 bits per heavy atom. The van der Waals surface area contributed by atoms with Crippen molar-refractivity contribution in [1.82, 2.24) is 5.32 Å². The first-order chi connectivity index (χ1) is 3.79. The van der Waals surface area contributed by atoms with Crippen LogP contribution in [0.2, 0.25) is 0 Å². The minimum Gasteiger partial charge on any atom is -0.442 e. The molecular formula is C7H10LiN. The molecule has 0 radical (unpaired) electrons. The molecule has 0 fully saturated rings. The average Bonchev–Trinajstić information content (AvgIpc) is 1.64. The number of hydrogen-bond donors (Lipinski definition) is 1. The summed E-state index contributed by atoms with van der Waals surface area (Å²) in [6.45, 7) is 4.10. The van der Waals surface area contributed by atoms with Crippen molar-refractivity contribution in [2.45, 2.75) is 13.8 Å². The van der Waals surface area contributed by atoms with E-state index in [2.05, 4.69) is 5.32 Å². The summed E-state index contributed by atoms with van der Waals surface area (Å²) in [5.41, 5.74) is 1.21. The van der Waals surface area contributed by atoms with Crippen LogP contribution >= 0.6 is 0 Å². The molecule has 1 N–H and O–H groups in total. The first-order valence-electron chi connectivity index (χ1n) is 2.74. The minimum absolute atomic E-state index is 0. The van der Waals surface area contributed by atoms with Gasteiger partial charge in [-0.15, -0.1) is 12.1 Å². The summed E-state index contributed by atoms with van der Waals surface area (Å²) in [7, 11) is 0. The zero-order valence-electron chi connectivity index (χ0n) is 6.23. The van der Waals surface area contributed by atoms with Crippen LogP contribution in [-0.2, 0) is 0 Å². The first kappa shape index (κ1) is 8.75. The van der Waals surface area contributed by atoms with Gasteiger partial charge in [-0.1, -0.05) is 6.92 Å². The zero-order valence-corrected chi connectivity index (χ0v) is 6.23. The molecule has 0 saturated heterocycles. The van der Waals surface area contributed by atoms with Crippen LogP contribution in [0, 0.1) is 6.04 Å². The molecule has 0 aromatic heterocycles. The summed E-state index contributed by atoms with van der Waals surface area (Å²) >= 11 is 0. The predicted octanol–water partition coefficient (Wildman–Crippen LogP) is -1.39. The van der Waals surface area contributed by atoms with E-state index in [-0.39, 0.29) is 18.9 Å². The van der Waals surface area contributed by atoms with E-state index in [1.807, 2.05) is 32.1 Å². The third-order valence-corrected chi connectivity index (χ3v) is 1.09. The van der Waals surface area contributed by atoms with Gasteiger partial charge in [0.25, 0.3) is 0 Å². The predicted molar refractivity (Wildman–Crippen MR) is 34.9 cm³/mol. The molecule has 0 spiro atoms. The Hall–Kier alpha value is -0.253. The van der Waals surface area contributed by atoms with Gasteiger partial charge in [0.05, 0.1) is 0 Å². The van der Waals surface area contributed by atoms with Crippen LogP contribution in [0.25, 0.3) is 0 Å². The van der Waals surface area contributed by atoms with Gasteiger partial charge < -0.3 is 5.32 Å². The van der Waals surface area contributed by atoms with Crippen LogP contribution < -0.4 is 24.2 Å². The average molecular weight is 115 g/mol. The van der Waals surface area contributed by atoms with Crippen molar-refractivity contribution in [2.75, 3.05) is 0 Å². The Bertz CT molecular complexity index is 138. The number of dihydropyridines is 1. The molecule has 0 unspecified atom stereocenters. The molecule has 1 rings (SSSR count). The van der Waals surface area contributed by atoms with E-state index in [9.17, 15) is 0 Å². The third-order valence-electron chi connectivity index (χ3n) is 1.09. The summed E-state index contributed by atoms with van der Waals surface area (Å²) in [4.78, 5) is 0. The Balaban J connectivity index is 0.000000640. The monoisotopic (exact) mass is 115 g/mol. The molecule has 2 heteroatoms. The van der Waals surface area contributed by atoms with Crippen LogP contribution in [-0.4, -0.2) is 0 Å². The van der Waals surface area contributed by atoms with E-state index in [0.717, 1.165) is 0 Å². The molecule has 1 aliphatic heterocycles. The maximum atomic E-state index is 3.17. The largest absolute Gasteiger partial charge is 1.00 e. The van der Waals surface area contributed by atoms with Crippen LogP contribution in [0.1, 0.15) is 13.8 Å². The van der Waals surface area contributed by atoms with Gasteiger partial charge in [0.1, 0.15) is 0 Å². The normalized spacial score (nSPS) is 15.8. The summed E-state index contributed by atoms with van der Waals surface area (Å²) in [6.07, 6.45) is 6.14. The van der Waals surface area contributed by atoms with Crippen LogP contribution in [0.4, 0.5) is 0 Å². The van der Waals surface area contributed by atoms with Crippen molar-refractivity contribution < 1.29 is 18.9 Å². The third kappa shape index (κ3) is 2.69. The Morgan fingerprint density at radius 1 is 1.56 bits per heavy atom. The molecule has 0 bridgehead atoms. The molecular weight excluding hydrogens is 105 g/mol. The fourth-order valence-electron chi connectivity index (χ4n) is 0.731. The van der Waals surface area contributed by atoms with Gasteiger partial charge in [0, 0.05) is 0 Å². The molecule has 1 aliphatic rings. The fraction of sp³-hybridized carbons (Fsp3) is 0.286. The van der Waals surface area contributed by atoms with Gasteiger partial charge >= 0.3 is 18.9 Å². The summed E-state index contributed by atoms with van der Waals surface area (Å²) in [6, 6.07) is 1.21. The second-order valence-corrected chi connectivity index (χ2v) is 2.02. The van der Waals surface area contributed by atoms with Gasteiger partial charge in [0.2, 0.25) is 0 Å². The number of hydrogen-bond acceptors (Lipinski definition) is 1. The fourth-order valence-corrected chi connectivity index (χ4v) is 0.731. The molecule has 0 saturated carbocycles. The van der Waals surface area contributed by atoms with E-state index < -0.39 is 0 Å². The smallest absolute Gasteiger partial charge is 0.442 e. The molecule has 9 heavy (non-hydrogen) atoms. The topological polar surface area (TPSA) is 12.0 Å². The molecule has 0 aromatic rings. The first-order valence-corrected chi connectivity index (χ1v) is 2.74. The maximum absolute atomic E-state index is 3.17. The Morgan fingerprint density at radius 2 is 2.22 bits per heavy atom. The van der Waals surface area contributed by atoms with E-state index >= 15 is 0 Å². The molecule has 0 aromatic carbocycles. The van der Waals surface area contributed by atoms with Crippen LogP contribution in [0.3, 0.4) is 0 Å². The Labute approximate surface area is 68.4 Å². The summed E-state index contributed by atoms with van der Waals surface area (Å²) in [5, 5.41) is 3.17. The van der Waals surface area contributed by atoms with E-state index in [0.29, 0.717) is 0 Å². The van der Waals surface area contributed by atoms with Crippen molar-refractivity contribution in [1.29, 1.82) is 0 Å². The minimum atomic E-state index is 0. The quantitative estimate of drug-likeness (QED) is 0.302. The van der Waals surface area contributed by atoms with E-state index in [4.69, 9.17) is 0 Å². The van der Waals surface area contributed by atoms with Gasteiger partial charge in [-0.25, -0.2) is 12.2 Å². The second-order valence-electron chi connectivity index (χ2n) is 2.02. The molecule has 44 valence electrons. The van der Waals surface area contributed by atoms with Crippen molar-refractivity contribution in [3.63, 3.8) is 0 Å². The van der Waals surface area contributed by atoms with Crippen molar-refractivity contribution in [2.24, 2.45) is 0 Å². The molecule has 0 aliphatic carbocycles. The van der Waals surface area contributed by atoms with E-state index in [1.54, 1.807) is 0 Å². The van der Waals surface area contributed by atoms with Crippen LogP contribution in [0.15, 0.2) is 23.9 Å². The van der Waals surface area contributed by atoms with Crippen molar-refractivity contribution >= 4 is 0 Å². The Kier molecular flexibility index (Phi) is 3.61. The molecule has 0 amide bonds. The number of nitrogens with one attached hydrogen (secondary N) is 1. The summed E-state index contributed by atoms with van der Waals surface area (Å²) in [5.74, 6) is 0. The van der Waals surface area contributed by atoms with E-state index in [1.165, 1.54) is 11.7 Å². The second kappa shape index (κ2) is 3.71. The van der Waals surface area contributed by atoms with Gasteiger partial charge in [-0.3, -0.25) is 0 Å². The molecule has 0 atom stereocenters. The summed E-state index contributed by atoms with van der Waals surface area (Å²) < 4.78 is 0. The zero-order chi connectivity index (χ0) is 5.98.